The molecule has 0 aliphatic carbocycles. The van der Waals surface area contributed by atoms with Crippen LogP contribution in [0.5, 0.6) is 0 Å². The zero-order chi connectivity index (χ0) is 29.1. The number of likely N-dealkylation sites (N-methyl/N-ethyl adjacent to an activating group) is 1. The molecule has 0 radical (unpaired) electrons. The highest BCUT2D eigenvalue weighted by Crippen LogP contribution is 2.34. The van der Waals surface area contributed by atoms with Gasteiger partial charge in [-0.05, 0) is 49.1 Å². The maximum absolute atomic E-state index is 13.9. The van der Waals surface area contributed by atoms with E-state index in [4.69, 9.17) is 0 Å². The number of para-hydroxylation sites is 1. The summed E-state index contributed by atoms with van der Waals surface area (Å²) < 4.78 is 31.3. The van der Waals surface area contributed by atoms with Crippen molar-refractivity contribution in [2.24, 2.45) is 0 Å². The summed E-state index contributed by atoms with van der Waals surface area (Å²) in [4.78, 5) is 29.9. The molecule has 1 aliphatic heterocycles. The van der Waals surface area contributed by atoms with Crippen LogP contribution in [0.2, 0.25) is 0 Å². The Bertz CT molecular complexity index is 1650. The molecule has 2 atom stereocenters. The van der Waals surface area contributed by atoms with E-state index in [2.05, 4.69) is 10.8 Å². The third kappa shape index (κ3) is 6.36. The summed E-state index contributed by atoms with van der Waals surface area (Å²) in [5, 5.41) is 1.07. The van der Waals surface area contributed by atoms with E-state index in [0.29, 0.717) is 13.1 Å². The van der Waals surface area contributed by atoms with Gasteiger partial charge in [0.05, 0.1) is 4.90 Å². The fourth-order valence-electron chi connectivity index (χ4n) is 5.46. The lowest BCUT2D eigenvalue weighted by molar-refractivity contribution is -0.132. The standard InChI is InChI=1S/C32H36N4O4S/c1-23-13-15-26(16-14-23)41(39,40)33-29(19-24-9-5-4-6-10-24)32(38)35-18-17-25(20-35)28-21-36(22-31(37)34(2)3)30-12-8-7-11-27(28)30/h4-16,21,25,29,33H,17-20,22H2,1-3H3. The van der Waals surface area contributed by atoms with E-state index in [1.165, 1.54) is 0 Å². The van der Waals surface area contributed by atoms with Crippen LogP contribution in [0.4, 0.5) is 0 Å². The molecule has 1 aromatic heterocycles. The van der Waals surface area contributed by atoms with Crippen LogP contribution in [0.1, 0.15) is 29.0 Å². The van der Waals surface area contributed by atoms with Gasteiger partial charge in [0.1, 0.15) is 12.6 Å². The highest BCUT2D eigenvalue weighted by Gasteiger charge is 2.35. The van der Waals surface area contributed by atoms with Crippen molar-refractivity contribution >= 4 is 32.7 Å². The number of aromatic nitrogens is 1. The first-order valence-electron chi connectivity index (χ1n) is 13.8. The van der Waals surface area contributed by atoms with Crippen molar-refractivity contribution in [3.8, 4) is 0 Å². The van der Waals surface area contributed by atoms with Gasteiger partial charge >= 0.3 is 0 Å². The van der Waals surface area contributed by atoms with Gasteiger partial charge in [0, 0.05) is 50.2 Å². The molecule has 2 unspecified atom stereocenters. The van der Waals surface area contributed by atoms with E-state index in [1.807, 2.05) is 66.2 Å². The normalized spacial score (nSPS) is 16.2. The molecule has 3 aromatic carbocycles. The molecule has 2 amide bonds. The van der Waals surface area contributed by atoms with Crippen LogP contribution in [-0.4, -0.2) is 67.8 Å². The summed E-state index contributed by atoms with van der Waals surface area (Å²) in [5.41, 5.74) is 3.91. The molecule has 0 bridgehead atoms. The molecule has 2 heterocycles. The third-order valence-electron chi connectivity index (χ3n) is 7.77. The Morgan fingerprint density at radius 3 is 2.37 bits per heavy atom. The van der Waals surface area contributed by atoms with E-state index >= 15 is 0 Å². The lowest BCUT2D eigenvalue weighted by Crippen LogP contribution is -2.49. The van der Waals surface area contributed by atoms with E-state index in [9.17, 15) is 18.0 Å². The number of carbonyl (C=O) groups excluding carboxylic acids is 2. The highest BCUT2D eigenvalue weighted by atomic mass is 32.2. The van der Waals surface area contributed by atoms with Crippen molar-refractivity contribution in [1.82, 2.24) is 19.1 Å². The highest BCUT2D eigenvalue weighted by molar-refractivity contribution is 7.89. The van der Waals surface area contributed by atoms with E-state index in [0.717, 1.165) is 34.0 Å². The SMILES string of the molecule is Cc1ccc(S(=O)(=O)NC(Cc2ccccc2)C(=O)N2CCC(c3cn(CC(=O)N(C)C)c4ccccc34)C2)cc1. The van der Waals surface area contributed by atoms with Gasteiger partial charge in [-0.2, -0.15) is 4.72 Å². The van der Waals surface area contributed by atoms with Crippen LogP contribution in [0.3, 0.4) is 0 Å². The smallest absolute Gasteiger partial charge is 0.241 e. The lowest BCUT2D eigenvalue weighted by atomic mass is 9.98. The summed E-state index contributed by atoms with van der Waals surface area (Å²) in [6.07, 6.45) is 3.04. The number of fused-ring (bicyclic) bond motifs is 1. The fourth-order valence-corrected chi connectivity index (χ4v) is 6.64. The number of carbonyl (C=O) groups is 2. The Hall–Kier alpha value is -3.95. The molecule has 0 spiro atoms. The van der Waals surface area contributed by atoms with E-state index in [1.54, 1.807) is 48.2 Å². The third-order valence-corrected chi connectivity index (χ3v) is 9.26. The van der Waals surface area contributed by atoms with Crippen LogP contribution < -0.4 is 4.72 Å². The van der Waals surface area contributed by atoms with Gasteiger partial charge in [-0.3, -0.25) is 9.59 Å². The van der Waals surface area contributed by atoms with Gasteiger partial charge in [-0.1, -0.05) is 66.2 Å². The zero-order valence-electron chi connectivity index (χ0n) is 23.7. The minimum Gasteiger partial charge on any atom is -0.347 e. The molecule has 1 aliphatic rings. The molecular formula is C32H36N4O4S. The van der Waals surface area contributed by atoms with Crippen molar-refractivity contribution in [1.29, 1.82) is 0 Å². The van der Waals surface area contributed by atoms with Crippen molar-refractivity contribution in [2.45, 2.75) is 43.2 Å². The number of nitrogens with one attached hydrogen (secondary N) is 1. The number of likely N-dealkylation sites (tertiary alicyclic amines) is 1. The average molecular weight is 573 g/mol. The summed E-state index contributed by atoms with van der Waals surface area (Å²) in [7, 11) is -0.429. The average Bonchev–Trinajstić information content (AvgIpc) is 3.58. The number of rotatable bonds is 9. The summed E-state index contributed by atoms with van der Waals surface area (Å²) in [6, 6.07) is 23.1. The molecule has 1 saturated heterocycles. The molecule has 4 aromatic rings. The first-order valence-corrected chi connectivity index (χ1v) is 15.3. The van der Waals surface area contributed by atoms with Crippen molar-refractivity contribution in [2.75, 3.05) is 27.2 Å². The number of hydrogen-bond donors (Lipinski definition) is 1. The van der Waals surface area contributed by atoms with Crippen LogP contribution in [0.15, 0.2) is 90.0 Å². The van der Waals surface area contributed by atoms with Gasteiger partial charge in [0.2, 0.25) is 21.8 Å². The summed E-state index contributed by atoms with van der Waals surface area (Å²) in [5.74, 6) is -0.158. The molecular weight excluding hydrogens is 536 g/mol. The molecule has 214 valence electrons. The topological polar surface area (TPSA) is 91.7 Å². The quantitative estimate of drug-likeness (QED) is 0.329. The Kier molecular flexibility index (Phi) is 8.28. The predicted octanol–water partition coefficient (Wildman–Crippen LogP) is 3.94. The van der Waals surface area contributed by atoms with Gasteiger partial charge < -0.3 is 14.4 Å². The maximum atomic E-state index is 13.9. The largest absolute Gasteiger partial charge is 0.347 e. The maximum Gasteiger partial charge on any atom is 0.241 e. The predicted molar refractivity (Wildman–Crippen MR) is 160 cm³/mol. The Balaban J connectivity index is 1.39. The van der Waals surface area contributed by atoms with Gasteiger partial charge in [-0.25, -0.2) is 8.42 Å². The monoisotopic (exact) mass is 572 g/mol. The Labute approximate surface area is 241 Å². The second-order valence-corrected chi connectivity index (χ2v) is 12.7. The molecule has 9 heteroatoms. The van der Waals surface area contributed by atoms with Crippen LogP contribution >= 0.6 is 0 Å². The van der Waals surface area contributed by atoms with Crippen LogP contribution in [-0.2, 0) is 32.6 Å². The zero-order valence-corrected chi connectivity index (χ0v) is 24.5. The molecule has 41 heavy (non-hydrogen) atoms. The molecule has 1 N–H and O–H groups in total. The van der Waals surface area contributed by atoms with Crippen molar-refractivity contribution in [3.63, 3.8) is 0 Å². The minimum atomic E-state index is -3.92. The second-order valence-electron chi connectivity index (χ2n) is 11.0. The first kappa shape index (κ1) is 28.6. The number of benzene rings is 3. The number of aryl methyl sites for hydroxylation is 1. The lowest BCUT2D eigenvalue weighted by Gasteiger charge is -2.25. The van der Waals surface area contributed by atoms with Crippen molar-refractivity contribution < 1.29 is 18.0 Å². The first-order chi connectivity index (χ1) is 19.6. The molecule has 5 rings (SSSR count). The van der Waals surface area contributed by atoms with E-state index in [-0.39, 0.29) is 35.6 Å². The fraction of sp³-hybridized carbons (Fsp3) is 0.312. The minimum absolute atomic E-state index is 0.00476. The molecule has 1 fully saturated rings. The van der Waals surface area contributed by atoms with Crippen LogP contribution in [0, 0.1) is 6.92 Å². The van der Waals surface area contributed by atoms with Gasteiger partial charge in [-0.15, -0.1) is 0 Å². The number of hydrogen-bond acceptors (Lipinski definition) is 4. The summed E-state index contributed by atoms with van der Waals surface area (Å²) in [6.45, 7) is 3.14. The van der Waals surface area contributed by atoms with E-state index < -0.39 is 16.1 Å². The number of sulfonamides is 1. The molecule has 8 nitrogen and oxygen atoms in total. The summed E-state index contributed by atoms with van der Waals surface area (Å²) >= 11 is 0. The number of amides is 2. The Morgan fingerprint density at radius 1 is 0.976 bits per heavy atom. The molecule has 0 saturated carbocycles. The second kappa shape index (κ2) is 11.9. The number of nitrogens with zero attached hydrogens (tertiary/aromatic N) is 3. The van der Waals surface area contributed by atoms with Crippen LogP contribution in [0.25, 0.3) is 10.9 Å². The van der Waals surface area contributed by atoms with Gasteiger partial charge in [0.25, 0.3) is 0 Å². The Morgan fingerprint density at radius 2 is 1.66 bits per heavy atom. The van der Waals surface area contributed by atoms with Gasteiger partial charge in [0.15, 0.2) is 0 Å². The van der Waals surface area contributed by atoms with Crippen molar-refractivity contribution in [3.05, 3.63) is 102 Å².